The molecule has 3 atom stereocenters. The lowest BCUT2D eigenvalue weighted by Gasteiger charge is -2.23. The maximum absolute atomic E-state index is 12.9. The van der Waals surface area contributed by atoms with Crippen molar-refractivity contribution >= 4 is 40.2 Å². The summed E-state index contributed by atoms with van der Waals surface area (Å²) in [6.45, 7) is 0. The first-order valence-corrected chi connectivity index (χ1v) is 10.2. The lowest BCUT2D eigenvalue weighted by atomic mass is 9.85. The van der Waals surface area contributed by atoms with Gasteiger partial charge in [0, 0.05) is 9.26 Å². The molecular weight excluding hydrogens is 481 g/mol. The fourth-order valence-electron chi connectivity index (χ4n) is 3.69. The van der Waals surface area contributed by atoms with Crippen molar-refractivity contribution in [1.29, 1.82) is 0 Å². The summed E-state index contributed by atoms with van der Waals surface area (Å²) >= 11 is 2.07. The Balaban J connectivity index is 1.76. The van der Waals surface area contributed by atoms with E-state index in [-0.39, 0.29) is 11.5 Å². The molecule has 146 valence electrons. The Morgan fingerprint density at radius 1 is 0.931 bits per heavy atom. The molecule has 4 rings (SSSR count). The van der Waals surface area contributed by atoms with Crippen LogP contribution in [0.25, 0.3) is 0 Å². The minimum Gasteiger partial charge on any atom is -0.478 e. The average molecular weight is 499 g/mol. The van der Waals surface area contributed by atoms with Crippen LogP contribution in [0.3, 0.4) is 0 Å². The molecule has 0 bridgehead atoms. The molecule has 3 aromatic carbocycles. The van der Waals surface area contributed by atoms with Crippen LogP contribution in [0.1, 0.15) is 33.5 Å². The van der Waals surface area contributed by atoms with Crippen LogP contribution in [0.2, 0.25) is 0 Å². The van der Waals surface area contributed by atoms with E-state index in [9.17, 15) is 14.7 Å². The second-order valence-corrected chi connectivity index (χ2v) is 8.07. The van der Waals surface area contributed by atoms with Crippen molar-refractivity contribution in [3.05, 3.63) is 99.1 Å². The van der Waals surface area contributed by atoms with Gasteiger partial charge in [-0.3, -0.25) is 0 Å². The molecule has 29 heavy (non-hydrogen) atoms. The fraction of sp³-hybridized carbons (Fsp3) is 0.130. The smallest absolute Gasteiger partial charge is 0.337 e. The Kier molecular flexibility index (Phi) is 5.53. The van der Waals surface area contributed by atoms with E-state index in [0.29, 0.717) is 5.69 Å². The van der Waals surface area contributed by atoms with Crippen molar-refractivity contribution in [3.63, 3.8) is 0 Å². The summed E-state index contributed by atoms with van der Waals surface area (Å²) in [5.74, 6) is -1.75. The summed E-state index contributed by atoms with van der Waals surface area (Å²) in [5.41, 5.74) is 2.38. The Bertz CT molecular complexity index is 1040. The molecule has 1 fully saturated rings. The van der Waals surface area contributed by atoms with Crippen molar-refractivity contribution in [2.75, 3.05) is 5.32 Å². The largest absolute Gasteiger partial charge is 0.478 e. The zero-order chi connectivity index (χ0) is 20.4. The van der Waals surface area contributed by atoms with Gasteiger partial charge in [-0.05, 0) is 51.9 Å². The lowest BCUT2D eigenvalue weighted by molar-refractivity contribution is -0.142. The number of aromatic carboxylic acids is 1. The van der Waals surface area contributed by atoms with Crippen molar-refractivity contribution in [3.8, 4) is 0 Å². The summed E-state index contributed by atoms with van der Waals surface area (Å²) in [7, 11) is 0. The maximum Gasteiger partial charge on any atom is 0.337 e. The minimum absolute atomic E-state index is 0.125. The van der Waals surface area contributed by atoms with Crippen LogP contribution in [-0.4, -0.2) is 23.1 Å². The Morgan fingerprint density at radius 2 is 1.55 bits per heavy atom. The number of anilines is 1. The number of ether oxygens (including phenoxy) is 1. The van der Waals surface area contributed by atoms with Crippen LogP contribution >= 0.6 is 22.6 Å². The number of benzene rings is 3. The van der Waals surface area contributed by atoms with Crippen LogP contribution in [0.15, 0.2) is 78.9 Å². The maximum atomic E-state index is 12.9. The Labute approximate surface area is 181 Å². The van der Waals surface area contributed by atoms with E-state index in [4.69, 9.17) is 4.74 Å². The first-order chi connectivity index (χ1) is 14.0. The second kappa shape index (κ2) is 8.24. The van der Waals surface area contributed by atoms with Gasteiger partial charge in [-0.25, -0.2) is 9.59 Å². The second-order valence-electron chi connectivity index (χ2n) is 6.82. The number of nitrogens with one attached hydrogen (secondary N) is 1. The van der Waals surface area contributed by atoms with Crippen molar-refractivity contribution in [1.82, 2.24) is 0 Å². The molecule has 0 aromatic heterocycles. The van der Waals surface area contributed by atoms with Crippen LogP contribution in [0.5, 0.6) is 0 Å². The highest BCUT2D eigenvalue weighted by molar-refractivity contribution is 14.1. The molecule has 1 heterocycles. The molecule has 6 heteroatoms. The van der Waals surface area contributed by atoms with Gasteiger partial charge < -0.3 is 15.2 Å². The number of esters is 1. The van der Waals surface area contributed by atoms with Gasteiger partial charge in [0.1, 0.15) is 12.1 Å². The van der Waals surface area contributed by atoms with Gasteiger partial charge in [0.2, 0.25) is 0 Å². The quantitative estimate of drug-likeness (QED) is 0.388. The van der Waals surface area contributed by atoms with E-state index < -0.39 is 24.1 Å². The van der Waals surface area contributed by atoms with Crippen molar-refractivity contribution in [2.45, 2.75) is 18.1 Å². The molecule has 1 saturated heterocycles. The van der Waals surface area contributed by atoms with Crippen LogP contribution in [0.4, 0.5) is 5.69 Å². The molecule has 0 saturated carbocycles. The number of rotatable bonds is 5. The summed E-state index contributed by atoms with van der Waals surface area (Å²) in [6, 6.07) is 23.7. The predicted molar refractivity (Wildman–Crippen MR) is 118 cm³/mol. The highest BCUT2D eigenvalue weighted by atomic mass is 127. The number of hydrogen-bond acceptors (Lipinski definition) is 4. The van der Waals surface area contributed by atoms with Gasteiger partial charge in [-0.2, -0.15) is 0 Å². The van der Waals surface area contributed by atoms with Gasteiger partial charge in [0.15, 0.2) is 0 Å². The zero-order valence-electron chi connectivity index (χ0n) is 15.3. The van der Waals surface area contributed by atoms with Crippen LogP contribution in [-0.2, 0) is 9.53 Å². The first-order valence-electron chi connectivity index (χ1n) is 9.14. The third-order valence-electron chi connectivity index (χ3n) is 5.02. The Hall–Kier alpha value is -2.87. The highest BCUT2D eigenvalue weighted by Gasteiger charge is 2.46. The number of carboxylic acid groups (broad SMARTS) is 1. The summed E-state index contributed by atoms with van der Waals surface area (Å²) in [4.78, 5) is 24.6. The number of carbonyl (C=O) groups excluding carboxylic acids is 1. The van der Waals surface area contributed by atoms with Crippen LogP contribution in [0, 0.1) is 3.57 Å². The topological polar surface area (TPSA) is 75.6 Å². The normalized spacial score (nSPS) is 20.9. The lowest BCUT2D eigenvalue weighted by Crippen LogP contribution is -2.31. The Morgan fingerprint density at radius 3 is 2.17 bits per heavy atom. The SMILES string of the molecule is O=C(O)c1cc(I)ccc1N[C@H]1C(=O)O[C@@H](c2ccccc2)[C@H]1c1ccccc1. The number of carboxylic acids is 1. The van der Waals surface area contributed by atoms with Crippen molar-refractivity contribution in [2.24, 2.45) is 0 Å². The molecule has 0 spiro atoms. The molecule has 2 N–H and O–H groups in total. The zero-order valence-corrected chi connectivity index (χ0v) is 17.4. The van der Waals surface area contributed by atoms with Crippen LogP contribution < -0.4 is 5.32 Å². The predicted octanol–water partition coefficient (Wildman–Crippen LogP) is 4.85. The molecule has 0 aliphatic carbocycles. The van der Waals surface area contributed by atoms with E-state index in [0.717, 1.165) is 14.7 Å². The van der Waals surface area contributed by atoms with Gasteiger partial charge in [-0.15, -0.1) is 0 Å². The van der Waals surface area contributed by atoms with Gasteiger partial charge in [0.25, 0.3) is 0 Å². The molecular formula is C23H18INO4. The third-order valence-corrected chi connectivity index (χ3v) is 5.69. The highest BCUT2D eigenvalue weighted by Crippen LogP contribution is 2.43. The first kappa shape index (κ1) is 19.4. The van der Waals surface area contributed by atoms with Gasteiger partial charge in [-0.1, -0.05) is 60.7 Å². The number of hydrogen-bond donors (Lipinski definition) is 2. The number of halogens is 1. The molecule has 0 unspecified atom stereocenters. The summed E-state index contributed by atoms with van der Waals surface area (Å²) in [6.07, 6.45) is -0.458. The molecule has 1 aliphatic heterocycles. The molecule has 5 nitrogen and oxygen atoms in total. The summed E-state index contributed by atoms with van der Waals surface area (Å²) < 4.78 is 6.58. The molecule has 1 aliphatic rings. The monoisotopic (exact) mass is 499 g/mol. The molecule has 0 radical (unpaired) electrons. The third kappa shape index (κ3) is 3.98. The summed E-state index contributed by atoms with van der Waals surface area (Å²) in [5, 5.41) is 12.7. The minimum atomic E-state index is -1.05. The fourth-order valence-corrected chi connectivity index (χ4v) is 4.18. The van der Waals surface area contributed by atoms with Crippen molar-refractivity contribution < 1.29 is 19.4 Å². The van der Waals surface area contributed by atoms with E-state index in [2.05, 4.69) is 27.9 Å². The standard InChI is InChI=1S/C23H18INO4/c24-16-11-12-18(17(13-16)22(26)27)25-20-19(14-7-3-1-4-8-14)21(29-23(20)28)15-9-5-2-6-10-15/h1-13,19-21,25H,(H,26,27)/t19-,20+,21-/m0/s1. The van der Waals surface area contributed by atoms with E-state index >= 15 is 0 Å². The number of carbonyl (C=O) groups is 2. The number of cyclic esters (lactones) is 1. The van der Waals surface area contributed by atoms with E-state index in [1.54, 1.807) is 12.1 Å². The molecule has 0 amide bonds. The van der Waals surface area contributed by atoms with E-state index in [1.807, 2.05) is 66.7 Å². The van der Waals surface area contributed by atoms with Gasteiger partial charge >= 0.3 is 11.9 Å². The van der Waals surface area contributed by atoms with E-state index in [1.165, 1.54) is 0 Å². The van der Waals surface area contributed by atoms with Gasteiger partial charge in [0.05, 0.1) is 11.5 Å². The molecule has 3 aromatic rings. The average Bonchev–Trinajstić information content (AvgIpc) is 3.06.